The maximum Gasteiger partial charge on any atom is 0.117 e. The van der Waals surface area contributed by atoms with E-state index >= 15 is 0 Å². The van der Waals surface area contributed by atoms with E-state index in [0.717, 1.165) is 32.2 Å². The molecule has 19 heavy (non-hydrogen) atoms. The molecular weight excluding hydrogens is 238 g/mol. The zero-order chi connectivity index (χ0) is 13.1. The van der Waals surface area contributed by atoms with Crippen molar-refractivity contribution < 1.29 is 4.74 Å². The summed E-state index contributed by atoms with van der Waals surface area (Å²) in [6.45, 7) is 8.78. The molecule has 0 amide bonds. The van der Waals surface area contributed by atoms with Crippen LogP contribution in [0.15, 0.2) is 0 Å². The van der Waals surface area contributed by atoms with Gasteiger partial charge in [-0.25, -0.2) is 0 Å². The Morgan fingerprint density at radius 2 is 2.00 bits per heavy atom. The number of hydrogen-bond acceptors (Lipinski definition) is 4. The molecule has 0 radical (unpaired) electrons. The van der Waals surface area contributed by atoms with Crippen LogP contribution in [0.1, 0.15) is 39.0 Å². The Bertz CT molecular complexity index is 281. The van der Waals surface area contributed by atoms with E-state index in [9.17, 15) is 0 Å². The number of nitrogens with one attached hydrogen (secondary N) is 1. The number of hydrogen-bond donors (Lipinski definition) is 1. The van der Waals surface area contributed by atoms with Crippen LogP contribution in [0.2, 0.25) is 0 Å². The highest BCUT2D eigenvalue weighted by atomic mass is 16.5. The Kier molecular flexibility index (Phi) is 4.74. The maximum atomic E-state index is 5.57. The summed E-state index contributed by atoms with van der Waals surface area (Å²) in [4.78, 5) is 5.27. The molecule has 4 nitrogen and oxygen atoms in total. The van der Waals surface area contributed by atoms with Gasteiger partial charge in [-0.2, -0.15) is 0 Å². The minimum absolute atomic E-state index is 0.459. The smallest absolute Gasteiger partial charge is 0.117 e. The molecule has 2 atom stereocenters. The number of morpholine rings is 1. The number of ether oxygens (including phenoxy) is 1. The molecule has 0 aromatic carbocycles. The first-order valence-corrected chi connectivity index (χ1v) is 8.15. The van der Waals surface area contributed by atoms with Gasteiger partial charge in [-0.05, 0) is 25.7 Å². The third kappa shape index (κ3) is 3.30. The van der Waals surface area contributed by atoms with Crippen molar-refractivity contribution >= 4 is 0 Å². The lowest BCUT2D eigenvalue weighted by atomic mass is 9.89. The molecule has 0 bridgehead atoms. The molecule has 2 saturated heterocycles. The summed E-state index contributed by atoms with van der Waals surface area (Å²) in [5.41, 5.74) is 0. The lowest BCUT2D eigenvalue weighted by Gasteiger charge is -2.42. The molecule has 4 heteroatoms. The number of nitrogens with zero attached hydrogens (tertiary/aromatic N) is 2. The summed E-state index contributed by atoms with van der Waals surface area (Å²) in [6, 6.07) is 0.540. The summed E-state index contributed by atoms with van der Waals surface area (Å²) in [5.74, 6) is 0.937. The summed E-state index contributed by atoms with van der Waals surface area (Å²) in [6.07, 6.45) is 7.71. The van der Waals surface area contributed by atoms with E-state index in [1.165, 1.54) is 45.2 Å². The molecule has 0 aromatic heterocycles. The van der Waals surface area contributed by atoms with Crippen LogP contribution in [0.4, 0.5) is 0 Å². The molecule has 3 fully saturated rings. The third-order valence-corrected chi connectivity index (χ3v) is 5.02. The zero-order valence-corrected chi connectivity index (χ0v) is 12.3. The predicted molar refractivity (Wildman–Crippen MR) is 76.9 cm³/mol. The van der Waals surface area contributed by atoms with Crippen LogP contribution >= 0.6 is 0 Å². The summed E-state index contributed by atoms with van der Waals surface area (Å²) in [7, 11) is 0. The van der Waals surface area contributed by atoms with Crippen LogP contribution < -0.4 is 5.32 Å². The second kappa shape index (κ2) is 6.53. The quantitative estimate of drug-likeness (QED) is 0.838. The summed E-state index contributed by atoms with van der Waals surface area (Å²) >= 11 is 0. The predicted octanol–water partition coefficient (Wildman–Crippen LogP) is 1.48. The molecule has 1 N–H and O–H groups in total. The first-order valence-electron chi connectivity index (χ1n) is 8.15. The molecule has 0 aromatic rings. The summed E-state index contributed by atoms with van der Waals surface area (Å²) < 4.78 is 5.57. The highest BCUT2D eigenvalue weighted by Crippen LogP contribution is 2.26. The van der Waals surface area contributed by atoms with E-state index in [-0.39, 0.29) is 0 Å². The second-order valence-corrected chi connectivity index (χ2v) is 6.49. The largest absolute Gasteiger partial charge is 0.379 e. The van der Waals surface area contributed by atoms with Crippen molar-refractivity contribution in [1.82, 2.24) is 15.1 Å². The van der Waals surface area contributed by atoms with E-state index in [1.54, 1.807) is 0 Å². The molecule has 110 valence electrons. The average molecular weight is 267 g/mol. The molecule has 3 aliphatic rings. The molecule has 3 rings (SSSR count). The van der Waals surface area contributed by atoms with E-state index in [2.05, 4.69) is 22.0 Å². The Hall–Kier alpha value is -0.160. The fourth-order valence-electron chi connectivity index (χ4n) is 3.91. The van der Waals surface area contributed by atoms with Crippen molar-refractivity contribution in [3.63, 3.8) is 0 Å². The van der Waals surface area contributed by atoms with E-state index in [1.807, 2.05) is 0 Å². The average Bonchev–Trinajstić information content (AvgIpc) is 2.88. The van der Waals surface area contributed by atoms with Gasteiger partial charge in [-0.15, -0.1) is 0 Å². The summed E-state index contributed by atoms with van der Waals surface area (Å²) in [5, 5.41) is 3.69. The van der Waals surface area contributed by atoms with Gasteiger partial charge in [0.15, 0.2) is 0 Å². The van der Waals surface area contributed by atoms with Crippen LogP contribution in [0.25, 0.3) is 0 Å². The Labute approximate surface area is 117 Å². The van der Waals surface area contributed by atoms with Crippen molar-refractivity contribution in [2.75, 3.05) is 39.4 Å². The Morgan fingerprint density at radius 1 is 1.16 bits per heavy atom. The first-order chi connectivity index (χ1) is 9.34. The van der Waals surface area contributed by atoms with Crippen molar-refractivity contribution in [3.05, 3.63) is 0 Å². The van der Waals surface area contributed by atoms with Gasteiger partial charge >= 0.3 is 0 Å². The topological polar surface area (TPSA) is 27.7 Å². The maximum absolute atomic E-state index is 5.57. The van der Waals surface area contributed by atoms with Gasteiger partial charge in [0.1, 0.15) is 6.29 Å². The van der Waals surface area contributed by atoms with E-state index in [0.29, 0.717) is 12.3 Å². The zero-order valence-electron chi connectivity index (χ0n) is 12.3. The highest BCUT2D eigenvalue weighted by Gasteiger charge is 2.34. The van der Waals surface area contributed by atoms with Gasteiger partial charge in [0.25, 0.3) is 0 Å². The third-order valence-electron chi connectivity index (χ3n) is 5.02. The van der Waals surface area contributed by atoms with Crippen LogP contribution in [0.5, 0.6) is 0 Å². The number of rotatable bonds is 3. The minimum Gasteiger partial charge on any atom is -0.379 e. The van der Waals surface area contributed by atoms with E-state index in [4.69, 9.17) is 4.74 Å². The fraction of sp³-hybridized carbons (Fsp3) is 1.00. The lowest BCUT2D eigenvalue weighted by Crippen LogP contribution is -2.58. The molecular formula is C15H29N3O. The molecule has 0 spiro atoms. The minimum atomic E-state index is 0.459. The first kappa shape index (κ1) is 13.8. The van der Waals surface area contributed by atoms with Gasteiger partial charge in [-0.3, -0.25) is 15.1 Å². The van der Waals surface area contributed by atoms with Gasteiger partial charge in [0, 0.05) is 32.2 Å². The molecule has 1 unspecified atom stereocenters. The standard InChI is InChI=1S/C15H29N3O/c1-13-12-19-10-9-18(13)15-16-7-8-17(15)11-14-5-3-2-4-6-14/h13-16H,2-12H2,1H3/t13-,15?/m1/s1. The van der Waals surface area contributed by atoms with Crippen molar-refractivity contribution in [3.8, 4) is 0 Å². The van der Waals surface area contributed by atoms with E-state index < -0.39 is 0 Å². The van der Waals surface area contributed by atoms with Crippen LogP contribution in [-0.2, 0) is 4.74 Å². The Morgan fingerprint density at radius 3 is 2.79 bits per heavy atom. The van der Waals surface area contributed by atoms with Crippen LogP contribution in [0, 0.1) is 5.92 Å². The second-order valence-electron chi connectivity index (χ2n) is 6.49. The lowest BCUT2D eigenvalue weighted by molar-refractivity contribution is -0.0639. The van der Waals surface area contributed by atoms with Crippen molar-refractivity contribution in [2.45, 2.75) is 51.4 Å². The van der Waals surface area contributed by atoms with Gasteiger partial charge in [0.05, 0.1) is 13.2 Å². The van der Waals surface area contributed by atoms with Crippen molar-refractivity contribution in [1.29, 1.82) is 0 Å². The van der Waals surface area contributed by atoms with Crippen LogP contribution in [-0.4, -0.2) is 61.5 Å². The van der Waals surface area contributed by atoms with Crippen LogP contribution in [0.3, 0.4) is 0 Å². The fourth-order valence-corrected chi connectivity index (χ4v) is 3.91. The van der Waals surface area contributed by atoms with Gasteiger partial charge < -0.3 is 4.74 Å². The molecule has 1 saturated carbocycles. The molecule has 1 aliphatic carbocycles. The van der Waals surface area contributed by atoms with Crippen molar-refractivity contribution in [2.24, 2.45) is 5.92 Å². The van der Waals surface area contributed by atoms with Gasteiger partial charge in [0.2, 0.25) is 0 Å². The molecule has 2 aliphatic heterocycles. The normalized spacial score (nSPS) is 35.8. The monoisotopic (exact) mass is 267 g/mol. The van der Waals surface area contributed by atoms with Gasteiger partial charge in [-0.1, -0.05) is 19.3 Å². The Balaban J connectivity index is 1.57. The molecule has 2 heterocycles. The SMILES string of the molecule is C[C@@H]1COCCN1C1NCCN1CC1CCCCC1. The highest BCUT2D eigenvalue weighted by molar-refractivity contribution is 4.85.